The lowest BCUT2D eigenvalue weighted by molar-refractivity contribution is -0.120. The number of hydrogen-bond donors (Lipinski definition) is 2. The average Bonchev–Trinajstić information content (AvgIpc) is 3.50. The maximum absolute atomic E-state index is 13.0. The van der Waals surface area contributed by atoms with Crippen molar-refractivity contribution in [3.05, 3.63) is 70.3 Å². The van der Waals surface area contributed by atoms with Gasteiger partial charge < -0.3 is 5.32 Å². The quantitative estimate of drug-likeness (QED) is 0.458. The van der Waals surface area contributed by atoms with Crippen molar-refractivity contribution in [1.82, 2.24) is 19.7 Å². The smallest absolute Gasteiger partial charge is 0.252 e. The zero-order valence-corrected chi connectivity index (χ0v) is 18.3. The molecule has 7 nitrogen and oxygen atoms in total. The molecule has 1 aromatic carbocycles. The average molecular weight is 446 g/mol. The molecule has 1 fully saturated rings. The zero-order chi connectivity index (χ0) is 21.9. The molecule has 8 heteroatoms. The topological polar surface area (TPSA) is 92.7 Å². The van der Waals surface area contributed by atoms with E-state index in [1.165, 1.54) is 17.2 Å². The summed E-state index contributed by atoms with van der Waals surface area (Å²) < 4.78 is 1.52. The Bertz CT molecular complexity index is 1270. The minimum absolute atomic E-state index is 0.0000471. The first-order chi connectivity index (χ1) is 15.7. The number of carbonyl (C=O) groups excluding carboxylic acids is 1. The van der Waals surface area contributed by atoms with Crippen molar-refractivity contribution in [2.24, 2.45) is 5.92 Å². The SMILES string of the molecule is O=C(Nc1cc(-c2cccs2)nn1-c1nc(-c2ccccc2)cc(=O)[nH]1)C1CCCCC1. The monoisotopic (exact) mass is 445 g/mol. The number of thiophene rings is 1. The van der Waals surface area contributed by atoms with Crippen LogP contribution in [0.15, 0.2) is 64.8 Å². The van der Waals surface area contributed by atoms with Crippen LogP contribution in [-0.2, 0) is 4.79 Å². The Labute approximate surface area is 189 Å². The van der Waals surface area contributed by atoms with E-state index in [-0.39, 0.29) is 23.3 Å². The number of aromatic amines is 1. The summed E-state index contributed by atoms with van der Waals surface area (Å²) in [4.78, 5) is 33.8. The number of nitrogens with one attached hydrogen (secondary N) is 2. The second-order valence-electron chi connectivity index (χ2n) is 7.95. The molecule has 32 heavy (non-hydrogen) atoms. The molecule has 0 bridgehead atoms. The van der Waals surface area contributed by atoms with Gasteiger partial charge in [-0.05, 0) is 24.3 Å². The van der Waals surface area contributed by atoms with E-state index in [1.807, 2.05) is 53.9 Å². The van der Waals surface area contributed by atoms with Gasteiger partial charge in [0.2, 0.25) is 11.9 Å². The summed E-state index contributed by atoms with van der Waals surface area (Å²) in [5, 5.41) is 9.70. The van der Waals surface area contributed by atoms with E-state index in [0.29, 0.717) is 17.2 Å². The summed E-state index contributed by atoms with van der Waals surface area (Å²) in [5.41, 5.74) is 1.80. The standard InChI is InChI=1S/C24H23N5O2S/c30-22-15-18(16-8-3-1-4-9-16)25-24(27-22)29-21(14-19(28-29)20-12-7-13-32-20)26-23(31)17-10-5-2-6-11-17/h1,3-4,7-9,12-15,17H,2,5-6,10-11H2,(H,26,31)(H,25,27,30). The van der Waals surface area contributed by atoms with Gasteiger partial charge in [0.1, 0.15) is 11.5 Å². The van der Waals surface area contributed by atoms with Crippen molar-refractivity contribution in [3.63, 3.8) is 0 Å². The predicted molar refractivity (Wildman–Crippen MR) is 126 cm³/mol. The number of H-pyrrole nitrogens is 1. The Morgan fingerprint density at radius 2 is 1.84 bits per heavy atom. The molecule has 0 atom stereocenters. The first-order valence-corrected chi connectivity index (χ1v) is 11.7. The van der Waals surface area contributed by atoms with Crippen LogP contribution < -0.4 is 10.9 Å². The van der Waals surface area contributed by atoms with Gasteiger partial charge in [-0.15, -0.1) is 11.3 Å². The normalized spacial score (nSPS) is 14.4. The van der Waals surface area contributed by atoms with Crippen LogP contribution in [0, 0.1) is 5.92 Å². The summed E-state index contributed by atoms with van der Waals surface area (Å²) in [6, 6.07) is 16.7. The summed E-state index contributed by atoms with van der Waals surface area (Å²) in [7, 11) is 0. The van der Waals surface area contributed by atoms with Gasteiger partial charge in [0.15, 0.2) is 0 Å². The third-order valence-electron chi connectivity index (χ3n) is 5.71. The number of rotatable bonds is 5. The number of benzene rings is 1. The lowest BCUT2D eigenvalue weighted by Gasteiger charge is -2.20. The van der Waals surface area contributed by atoms with Crippen molar-refractivity contribution in [3.8, 4) is 27.8 Å². The van der Waals surface area contributed by atoms with Crippen LogP contribution in [-0.4, -0.2) is 25.7 Å². The number of anilines is 1. The van der Waals surface area contributed by atoms with Crippen molar-refractivity contribution >= 4 is 23.1 Å². The Balaban J connectivity index is 1.56. The highest BCUT2D eigenvalue weighted by Gasteiger charge is 2.24. The summed E-state index contributed by atoms with van der Waals surface area (Å²) in [5.74, 6) is 0.750. The fourth-order valence-electron chi connectivity index (χ4n) is 4.07. The van der Waals surface area contributed by atoms with Crippen LogP contribution in [0.5, 0.6) is 0 Å². The molecule has 5 rings (SSSR count). The molecule has 1 amide bonds. The molecule has 0 aliphatic heterocycles. The maximum atomic E-state index is 13.0. The van der Waals surface area contributed by atoms with E-state index in [2.05, 4.69) is 20.4 Å². The van der Waals surface area contributed by atoms with Gasteiger partial charge in [0, 0.05) is 23.6 Å². The van der Waals surface area contributed by atoms with E-state index < -0.39 is 0 Å². The first kappa shape index (κ1) is 20.4. The van der Waals surface area contributed by atoms with Crippen LogP contribution in [0.25, 0.3) is 27.8 Å². The molecule has 3 heterocycles. The summed E-state index contributed by atoms with van der Waals surface area (Å²) >= 11 is 1.56. The van der Waals surface area contributed by atoms with Crippen LogP contribution in [0.3, 0.4) is 0 Å². The summed E-state index contributed by atoms with van der Waals surface area (Å²) in [6.45, 7) is 0. The molecule has 0 unspecified atom stereocenters. The highest BCUT2D eigenvalue weighted by Crippen LogP contribution is 2.29. The minimum atomic E-state index is -0.286. The highest BCUT2D eigenvalue weighted by molar-refractivity contribution is 7.13. The van der Waals surface area contributed by atoms with Crippen molar-refractivity contribution in [2.45, 2.75) is 32.1 Å². The van der Waals surface area contributed by atoms with Crippen molar-refractivity contribution in [1.29, 1.82) is 0 Å². The van der Waals surface area contributed by atoms with Crippen molar-refractivity contribution < 1.29 is 4.79 Å². The van der Waals surface area contributed by atoms with Crippen LogP contribution >= 0.6 is 11.3 Å². The van der Waals surface area contributed by atoms with Gasteiger partial charge in [-0.1, -0.05) is 55.7 Å². The third-order valence-corrected chi connectivity index (χ3v) is 6.60. The number of nitrogens with zero attached hydrogens (tertiary/aromatic N) is 3. The molecule has 0 radical (unpaired) electrons. The first-order valence-electron chi connectivity index (χ1n) is 10.8. The van der Waals surface area contributed by atoms with E-state index >= 15 is 0 Å². The van der Waals surface area contributed by atoms with Gasteiger partial charge in [0.05, 0.1) is 10.6 Å². The molecule has 3 aromatic heterocycles. The number of carbonyl (C=O) groups is 1. The minimum Gasteiger partial charge on any atom is -0.310 e. The van der Waals surface area contributed by atoms with Gasteiger partial charge in [-0.3, -0.25) is 14.6 Å². The third kappa shape index (κ3) is 4.27. The Morgan fingerprint density at radius 3 is 2.59 bits per heavy atom. The fourth-order valence-corrected chi connectivity index (χ4v) is 4.75. The largest absolute Gasteiger partial charge is 0.310 e. The van der Waals surface area contributed by atoms with Crippen LogP contribution in [0.4, 0.5) is 5.82 Å². The van der Waals surface area contributed by atoms with E-state index in [4.69, 9.17) is 0 Å². The number of amides is 1. The van der Waals surface area contributed by atoms with Gasteiger partial charge in [0.25, 0.3) is 5.56 Å². The Hall–Kier alpha value is -3.52. The predicted octanol–water partition coefficient (Wildman–Crippen LogP) is 4.87. The second kappa shape index (κ2) is 8.92. The molecule has 0 saturated heterocycles. The number of aromatic nitrogens is 4. The van der Waals surface area contributed by atoms with E-state index in [1.54, 1.807) is 11.3 Å². The molecule has 162 valence electrons. The van der Waals surface area contributed by atoms with Gasteiger partial charge in [-0.2, -0.15) is 9.78 Å². The lowest BCUT2D eigenvalue weighted by atomic mass is 9.89. The molecule has 1 saturated carbocycles. The molecule has 2 N–H and O–H groups in total. The molecule has 0 spiro atoms. The van der Waals surface area contributed by atoms with E-state index in [0.717, 1.165) is 36.1 Å². The van der Waals surface area contributed by atoms with E-state index in [9.17, 15) is 9.59 Å². The molecule has 1 aliphatic rings. The second-order valence-corrected chi connectivity index (χ2v) is 8.90. The van der Waals surface area contributed by atoms with Crippen molar-refractivity contribution in [2.75, 3.05) is 5.32 Å². The molecule has 1 aliphatic carbocycles. The van der Waals surface area contributed by atoms with Gasteiger partial charge >= 0.3 is 0 Å². The zero-order valence-electron chi connectivity index (χ0n) is 17.5. The van der Waals surface area contributed by atoms with Crippen LogP contribution in [0.1, 0.15) is 32.1 Å². The lowest BCUT2D eigenvalue weighted by Crippen LogP contribution is -2.26. The number of hydrogen-bond acceptors (Lipinski definition) is 5. The highest BCUT2D eigenvalue weighted by atomic mass is 32.1. The molecule has 4 aromatic rings. The Morgan fingerprint density at radius 1 is 1.03 bits per heavy atom. The maximum Gasteiger partial charge on any atom is 0.252 e. The molecular formula is C24H23N5O2S. The Kier molecular flexibility index (Phi) is 5.68. The summed E-state index contributed by atoms with van der Waals surface area (Å²) in [6.07, 6.45) is 5.13. The fraction of sp³-hybridized carbons (Fsp3) is 0.250. The molecular weight excluding hydrogens is 422 g/mol. The van der Waals surface area contributed by atoms with Crippen LogP contribution in [0.2, 0.25) is 0 Å². The van der Waals surface area contributed by atoms with Gasteiger partial charge in [-0.25, -0.2) is 4.98 Å².